The molecule has 4 heteroatoms. The van der Waals surface area contributed by atoms with Crippen molar-refractivity contribution in [1.29, 1.82) is 0 Å². The zero-order valence-corrected chi connectivity index (χ0v) is 15.0. The van der Waals surface area contributed by atoms with E-state index >= 15 is 0 Å². The highest BCUT2D eigenvalue weighted by atomic mass is 16.5. The molecule has 132 valence electrons. The number of amides is 1. The zero-order valence-electron chi connectivity index (χ0n) is 15.0. The molecule has 0 bridgehead atoms. The Labute approximate surface area is 149 Å². The van der Waals surface area contributed by atoms with Gasteiger partial charge < -0.3 is 14.8 Å². The van der Waals surface area contributed by atoms with Gasteiger partial charge in [-0.3, -0.25) is 4.79 Å². The average molecular weight is 339 g/mol. The molecule has 0 saturated heterocycles. The second-order valence-electron chi connectivity index (χ2n) is 5.41. The van der Waals surface area contributed by atoms with Crippen molar-refractivity contribution in [2.45, 2.75) is 27.2 Å². The van der Waals surface area contributed by atoms with Crippen LogP contribution in [-0.4, -0.2) is 19.1 Å². The second-order valence-corrected chi connectivity index (χ2v) is 5.41. The summed E-state index contributed by atoms with van der Waals surface area (Å²) in [5, 5.41) is 2.92. The van der Waals surface area contributed by atoms with Crippen LogP contribution in [0.2, 0.25) is 0 Å². The Bertz CT molecular complexity index is 738. The number of carbonyl (C=O) groups is 1. The fourth-order valence-electron chi connectivity index (χ4n) is 2.47. The summed E-state index contributed by atoms with van der Waals surface area (Å²) in [7, 11) is 0. The first-order chi connectivity index (χ1) is 12.2. The van der Waals surface area contributed by atoms with Gasteiger partial charge in [0.2, 0.25) is 5.91 Å². The molecule has 0 aromatic heterocycles. The third-order valence-corrected chi connectivity index (χ3v) is 3.65. The topological polar surface area (TPSA) is 47.6 Å². The number of benzene rings is 2. The molecule has 0 aliphatic heterocycles. The molecule has 2 rings (SSSR count). The number of ether oxygens (including phenoxy) is 2. The molecule has 1 N–H and O–H groups in total. The van der Waals surface area contributed by atoms with Gasteiger partial charge in [0.25, 0.3) is 0 Å². The second kappa shape index (κ2) is 9.52. The molecule has 0 saturated carbocycles. The van der Waals surface area contributed by atoms with E-state index in [0.717, 1.165) is 23.2 Å². The van der Waals surface area contributed by atoms with Crippen molar-refractivity contribution in [3.05, 3.63) is 59.7 Å². The molecular formula is C21H25NO3. The molecule has 0 unspecified atom stereocenters. The number of anilines is 1. The van der Waals surface area contributed by atoms with Crippen LogP contribution in [0.15, 0.2) is 48.5 Å². The first-order valence-electron chi connectivity index (χ1n) is 8.64. The van der Waals surface area contributed by atoms with E-state index < -0.39 is 0 Å². The molecule has 0 aliphatic rings. The SMILES string of the molecule is CCOc1ccc(/C=C/C(=O)Nc2ccccc2CC)cc1OCC. The summed E-state index contributed by atoms with van der Waals surface area (Å²) in [4.78, 5) is 12.2. The zero-order chi connectivity index (χ0) is 18.1. The molecule has 4 nitrogen and oxygen atoms in total. The number of hydrogen-bond donors (Lipinski definition) is 1. The summed E-state index contributed by atoms with van der Waals surface area (Å²) >= 11 is 0. The van der Waals surface area contributed by atoms with E-state index in [4.69, 9.17) is 9.47 Å². The molecule has 2 aromatic carbocycles. The summed E-state index contributed by atoms with van der Waals surface area (Å²) in [5.74, 6) is 1.24. The predicted octanol–water partition coefficient (Wildman–Crippen LogP) is 4.70. The van der Waals surface area contributed by atoms with E-state index in [9.17, 15) is 4.79 Å². The number of carbonyl (C=O) groups excluding carboxylic acids is 1. The summed E-state index contributed by atoms with van der Waals surface area (Å²) in [5.41, 5.74) is 2.84. The molecule has 0 atom stereocenters. The van der Waals surface area contributed by atoms with E-state index in [1.165, 1.54) is 6.08 Å². The van der Waals surface area contributed by atoms with Crippen molar-refractivity contribution < 1.29 is 14.3 Å². The van der Waals surface area contributed by atoms with Gasteiger partial charge in [0.1, 0.15) is 0 Å². The number of nitrogens with one attached hydrogen (secondary N) is 1. The fraction of sp³-hybridized carbons (Fsp3) is 0.286. The Morgan fingerprint density at radius 1 is 1.00 bits per heavy atom. The molecule has 0 spiro atoms. The van der Waals surface area contributed by atoms with Gasteiger partial charge in [0.15, 0.2) is 11.5 Å². The minimum absolute atomic E-state index is 0.159. The lowest BCUT2D eigenvalue weighted by Crippen LogP contribution is -2.09. The van der Waals surface area contributed by atoms with Crippen LogP contribution in [-0.2, 0) is 11.2 Å². The summed E-state index contributed by atoms with van der Waals surface area (Å²) in [6.45, 7) is 7.06. The Balaban J connectivity index is 2.10. The molecule has 0 heterocycles. The largest absolute Gasteiger partial charge is 0.490 e. The lowest BCUT2D eigenvalue weighted by Gasteiger charge is -2.11. The van der Waals surface area contributed by atoms with Crippen LogP contribution in [0.25, 0.3) is 6.08 Å². The van der Waals surface area contributed by atoms with Crippen LogP contribution in [0.5, 0.6) is 11.5 Å². The quantitative estimate of drug-likeness (QED) is 0.709. The normalized spacial score (nSPS) is 10.7. The van der Waals surface area contributed by atoms with Gasteiger partial charge in [-0.1, -0.05) is 31.2 Å². The van der Waals surface area contributed by atoms with Gasteiger partial charge in [0, 0.05) is 11.8 Å². The smallest absolute Gasteiger partial charge is 0.248 e. The Kier molecular flexibility index (Phi) is 7.08. The van der Waals surface area contributed by atoms with Crippen LogP contribution >= 0.6 is 0 Å². The maximum atomic E-state index is 12.2. The van der Waals surface area contributed by atoms with E-state index in [1.807, 2.05) is 56.3 Å². The lowest BCUT2D eigenvalue weighted by atomic mass is 10.1. The summed E-state index contributed by atoms with van der Waals surface area (Å²) in [6.07, 6.45) is 4.16. The molecule has 1 amide bonds. The third kappa shape index (κ3) is 5.38. The molecule has 25 heavy (non-hydrogen) atoms. The summed E-state index contributed by atoms with van der Waals surface area (Å²) in [6, 6.07) is 13.4. The molecule has 0 radical (unpaired) electrons. The Hall–Kier alpha value is -2.75. The highest BCUT2D eigenvalue weighted by Gasteiger charge is 2.06. The van der Waals surface area contributed by atoms with Crippen molar-refractivity contribution in [3.63, 3.8) is 0 Å². The number of para-hydroxylation sites is 1. The van der Waals surface area contributed by atoms with Gasteiger partial charge in [-0.25, -0.2) is 0 Å². The van der Waals surface area contributed by atoms with Gasteiger partial charge in [-0.05, 0) is 55.7 Å². The first kappa shape index (κ1) is 18.6. The minimum Gasteiger partial charge on any atom is -0.490 e. The summed E-state index contributed by atoms with van der Waals surface area (Å²) < 4.78 is 11.1. The number of hydrogen-bond acceptors (Lipinski definition) is 3. The third-order valence-electron chi connectivity index (χ3n) is 3.65. The van der Waals surface area contributed by atoms with Crippen LogP contribution in [0.1, 0.15) is 31.9 Å². The monoisotopic (exact) mass is 339 g/mol. The van der Waals surface area contributed by atoms with E-state index in [-0.39, 0.29) is 5.91 Å². The predicted molar refractivity (Wildman–Crippen MR) is 102 cm³/mol. The van der Waals surface area contributed by atoms with Crippen LogP contribution < -0.4 is 14.8 Å². The van der Waals surface area contributed by atoms with Gasteiger partial charge in [-0.2, -0.15) is 0 Å². The van der Waals surface area contributed by atoms with Crippen molar-refractivity contribution in [1.82, 2.24) is 0 Å². The molecule has 0 fully saturated rings. The van der Waals surface area contributed by atoms with Crippen molar-refractivity contribution in [2.24, 2.45) is 0 Å². The van der Waals surface area contributed by atoms with E-state index in [2.05, 4.69) is 12.2 Å². The lowest BCUT2D eigenvalue weighted by molar-refractivity contribution is -0.111. The maximum absolute atomic E-state index is 12.2. The Morgan fingerprint density at radius 2 is 1.72 bits per heavy atom. The first-order valence-corrected chi connectivity index (χ1v) is 8.64. The van der Waals surface area contributed by atoms with Crippen LogP contribution in [0, 0.1) is 0 Å². The molecule has 0 aliphatic carbocycles. The van der Waals surface area contributed by atoms with Crippen LogP contribution in [0.3, 0.4) is 0 Å². The minimum atomic E-state index is -0.159. The van der Waals surface area contributed by atoms with Crippen LogP contribution in [0.4, 0.5) is 5.69 Å². The van der Waals surface area contributed by atoms with Gasteiger partial charge in [0.05, 0.1) is 13.2 Å². The maximum Gasteiger partial charge on any atom is 0.248 e. The van der Waals surface area contributed by atoms with E-state index in [0.29, 0.717) is 24.7 Å². The number of aryl methyl sites for hydroxylation is 1. The van der Waals surface area contributed by atoms with Crippen molar-refractivity contribution in [3.8, 4) is 11.5 Å². The van der Waals surface area contributed by atoms with Crippen molar-refractivity contribution in [2.75, 3.05) is 18.5 Å². The van der Waals surface area contributed by atoms with Gasteiger partial charge in [-0.15, -0.1) is 0 Å². The Morgan fingerprint density at radius 3 is 2.44 bits per heavy atom. The highest BCUT2D eigenvalue weighted by molar-refractivity contribution is 6.02. The van der Waals surface area contributed by atoms with Crippen molar-refractivity contribution >= 4 is 17.7 Å². The highest BCUT2D eigenvalue weighted by Crippen LogP contribution is 2.29. The molecular weight excluding hydrogens is 314 g/mol. The standard InChI is InChI=1S/C21H25NO3/c1-4-17-9-7-8-10-18(17)22-21(23)14-12-16-11-13-19(24-5-2)20(15-16)25-6-3/h7-15H,4-6H2,1-3H3,(H,22,23)/b14-12+. The molecule has 2 aromatic rings. The fourth-order valence-corrected chi connectivity index (χ4v) is 2.47. The van der Waals surface area contributed by atoms with E-state index in [1.54, 1.807) is 6.08 Å². The van der Waals surface area contributed by atoms with Gasteiger partial charge >= 0.3 is 0 Å². The number of rotatable bonds is 8. The average Bonchev–Trinajstić information content (AvgIpc) is 2.62.